The van der Waals surface area contributed by atoms with Gasteiger partial charge in [-0.1, -0.05) is 0 Å². The van der Waals surface area contributed by atoms with E-state index in [9.17, 15) is 9.59 Å². The summed E-state index contributed by atoms with van der Waals surface area (Å²) in [5.74, 6) is 2.47. The second-order valence-corrected chi connectivity index (χ2v) is 15.9. The number of pyridine rings is 4. The number of rotatable bonds is 10. The van der Waals surface area contributed by atoms with Crippen molar-refractivity contribution in [2.24, 2.45) is 5.92 Å². The highest BCUT2D eigenvalue weighted by molar-refractivity contribution is 5.80. The fourth-order valence-corrected chi connectivity index (χ4v) is 8.97. The number of nitrogens with zero attached hydrogens (tertiary/aromatic N) is 10. The molecule has 3 unspecified atom stereocenters. The Balaban J connectivity index is 0.888. The Morgan fingerprint density at radius 1 is 0.690 bits per heavy atom. The van der Waals surface area contributed by atoms with Crippen molar-refractivity contribution in [1.29, 1.82) is 0 Å². The van der Waals surface area contributed by atoms with E-state index in [1.54, 1.807) is 24.5 Å². The molecule has 3 aliphatic rings. The average molecular weight is 783 g/mol. The number of aromatic nitrogens is 8. The van der Waals surface area contributed by atoms with E-state index < -0.39 is 0 Å². The second-order valence-electron chi connectivity index (χ2n) is 15.9. The number of nitrogens with one attached hydrogen (secondary N) is 4. The van der Waals surface area contributed by atoms with Crippen LogP contribution in [0.2, 0.25) is 0 Å². The van der Waals surface area contributed by atoms with Crippen molar-refractivity contribution in [1.82, 2.24) is 49.7 Å². The molecule has 6 aromatic heterocycles. The van der Waals surface area contributed by atoms with E-state index in [-0.39, 0.29) is 23.2 Å². The molecule has 58 heavy (non-hydrogen) atoms. The lowest BCUT2D eigenvalue weighted by Gasteiger charge is -2.29. The lowest BCUT2D eigenvalue weighted by atomic mass is 9.98. The predicted molar refractivity (Wildman–Crippen MR) is 228 cm³/mol. The molecule has 1 aliphatic carbocycles. The van der Waals surface area contributed by atoms with Crippen LogP contribution in [0.15, 0.2) is 70.8 Å². The summed E-state index contributed by atoms with van der Waals surface area (Å²) in [5, 5.41) is 13.3. The zero-order chi connectivity index (χ0) is 39.8. The first-order chi connectivity index (χ1) is 28.3. The normalized spacial score (nSPS) is 19.2. The van der Waals surface area contributed by atoms with Crippen molar-refractivity contribution in [2.45, 2.75) is 58.5 Å². The molecule has 0 aromatic carbocycles. The highest BCUT2D eigenvalue weighted by Crippen LogP contribution is 2.40. The average Bonchev–Trinajstić information content (AvgIpc) is 3.70. The van der Waals surface area contributed by atoms with E-state index in [1.807, 2.05) is 47.5 Å². The van der Waals surface area contributed by atoms with E-state index in [0.717, 1.165) is 117 Å². The monoisotopic (exact) mass is 782 g/mol. The number of aryl methyl sites for hydroxylation is 2. The zero-order valence-corrected chi connectivity index (χ0v) is 33.3. The van der Waals surface area contributed by atoms with Crippen molar-refractivity contribution in [3.63, 3.8) is 0 Å². The van der Waals surface area contributed by atoms with Gasteiger partial charge in [-0.15, -0.1) is 0 Å². The van der Waals surface area contributed by atoms with Crippen LogP contribution in [0.5, 0.6) is 0 Å². The number of piperazine rings is 2. The summed E-state index contributed by atoms with van der Waals surface area (Å²) in [5.41, 5.74) is 6.54. The molecule has 0 spiro atoms. The van der Waals surface area contributed by atoms with E-state index in [0.29, 0.717) is 35.0 Å². The van der Waals surface area contributed by atoms with Crippen molar-refractivity contribution >= 4 is 57.0 Å². The van der Waals surface area contributed by atoms with Gasteiger partial charge in [0.05, 0.1) is 58.2 Å². The molecule has 2 saturated heterocycles. The number of hydrogen-bond acceptors (Lipinski definition) is 14. The van der Waals surface area contributed by atoms with Crippen LogP contribution in [-0.4, -0.2) is 91.4 Å². The Morgan fingerprint density at radius 2 is 1.22 bits per heavy atom. The smallest absolute Gasteiger partial charge is 0.251 e. The van der Waals surface area contributed by atoms with Crippen LogP contribution in [0.3, 0.4) is 0 Å². The Bertz CT molecular complexity index is 2540. The Labute approximate surface area is 336 Å². The summed E-state index contributed by atoms with van der Waals surface area (Å²) in [7, 11) is 0. The van der Waals surface area contributed by atoms with Crippen LogP contribution in [-0.2, 0) is 0 Å². The number of fused-ring (bicyclic) bond motifs is 2. The van der Waals surface area contributed by atoms with Crippen molar-refractivity contribution in [3.8, 4) is 0 Å². The summed E-state index contributed by atoms with van der Waals surface area (Å²) in [4.78, 5) is 59.9. The second kappa shape index (κ2) is 16.1. The molecule has 8 heterocycles. The molecule has 0 radical (unpaired) electrons. The third kappa shape index (κ3) is 7.68. The molecule has 4 N–H and O–H groups in total. The Morgan fingerprint density at radius 3 is 1.78 bits per heavy atom. The van der Waals surface area contributed by atoms with E-state index in [1.165, 1.54) is 0 Å². The largest absolute Gasteiger partial charge is 0.368 e. The fourth-order valence-electron chi connectivity index (χ4n) is 8.97. The van der Waals surface area contributed by atoms with Gasteiger partial charge < -0.3 is 40.2 Å². The molecule has 9 rings (SSSR count). The molecular weight excluding hydrogens is 733 g/mol. The molecule has 3 fully saturated rings. The van der Waals surface area contributed by atoms with Gasteiger partial charge in [0, 0.05) is 76.6 Å². The molecule has 3 atom stereocenters. The minimum Gasteiger partial charge on any atom is -0.368 e. The Hall–Kier alpha value is -6.00. The van der Waals surface area contributed by atoms with Gasteiger partial charge in [-0.05, 0) is 87.8 Å². The quantitative estimate of drug-likeness (QED) is 0.152. The summed E-state index contributed by atoms with van der Waals surface area (Å²) < 4.78 is 3.70. The molecular formula is C42H50N14O2. The predicted octanol–water partition coefficient (Wildman–Crippen LogP) is 4.60. The van der Waals surface area contributed by atoms with Gasteiger partial charge in [-0.25, -0.2) is 29.9 Å². The molecule has 2 aliphatic heterocycles. The molecule has 1 saturated carbocycles. The van der Waals surface area contributed by atoms with Crippen LogP contribution in [0.1, 0.15) is 55.8 Å². The van der Waals surface area contributed by atoms with Crippen LogP contribution >= 0.6 is 0 Å². The van der Waals surface area contributed by atoms with Crippen LogP contribution in [0.25, 0.3) is 22.1 Å². The first-order valence-electron chi connectivity index (χ1n) is 20.4. The lowest BCUT2D eigenvalue weighted by Crippen LogP contribution is -2.43. The van der Waals surface area contributed by atoms with Gasteiger partial charge in [-0.2, -0.15) is 0 Å². The highest BCUT2D eigenvalue weighted by Gasteiger charge is 2.30. The molecule has 16 nitrogen and oxygen atoms in total. The SMILES string of the molecule is Cc1cc(=O)n(C(C)CC2CCC(n3c(=O)cc(C)c4nc(Nc5ccc(N6CCNCC6)cn5)ncc43)C2)c2cnc(Nc3ccc(N4CCNCC4)cn3)nc12. The number of hydrogen-bond donors (Lipinski definition) is 4. The molecule has 0 amide bonds. The van der Waals surface area contributed by atoms with Gasteiger partial charge >= 0.3 is 0 Å². The maximum Gasteiger partial charge on any atom is 0.251 e. The summed E-state index contributed by atoms with van der Waals surface area (Å²) in [6.07, 6.45) is 10.6. The lowest BCUT2D eigenvalue weighted by molar-refractivity contribution is 0.378. The first-order valence-corrected chi connectivity index (χ1v) is 20.4. The minimum atomic E-state index is -0.107. The van der Waals surface area contributed by atoms with Gasteiger partial charge in [-0.3, -0.25) is 9.59 Å². The highest BCUT2D eigenvalue weighted by atomic mass is 16.1. The van der Waals surface area contributed by atoms with Crippen molar-refractivity contribution in [3.05, 3.63) is 93.0 Å². The zero-order valence-electron chi connectivity index (χ0n) is 33.3. The Kier molecular flexibility index (Phi) is 10.4. The first kappa shape index (κ1) is 37.6. The fraction of sp³-hybridized carbons (Fsp3) is 0.429. The van der Waals surface area contributed by atoms with Gasteiger partial charge in [0.15, 0.2) is 0 Å². The third-order valence-electron chi connectivity index (χ3n) is 11.9. The van der Waals surface area contributed by atoms with Crippen molar-refractivity contribution in [2.75, 3.05) is 72.8 Å². The molecule has 300 valence electrons. The molecule has 6 aromatic rings. The minimum absolute atomic E-state index is 0.00241. The summed E-state index contributed by atoms with van der Waals surface area (Å²) in [6.45, 7) is 13.6. The van der Waals surface area contributed by atoms with E-state index in [2.05, 4.69) is 70.1 Å². The summed E-state index contributed by atoms with van der Waals surface area (Å²) >= 11 is 0. The summed E-state index contributed by atoms with van der Waals surface area (Å²) in [6, 6.07) is 11.2. The van der Waals surface area contributed by atoms with E-state index >= 15 is 0 Å². The number of anilines is 6. The van der Waals surface area contributed by atoms with Crippen LogP contribution in [0.4, 0.5) is 34.9 Å². The van der Waals surface area contributed by atoms with E-state index in [4.69, 9.17) is 9.97 Å². The standard InChI is InChI=1S/C42H50N14O2/c1-26-18-37(57)55(33-24-47-41(51-39(26)33)49-35-8-6-31(22-45-35)53-14-10-43-11-15-53)28(3)20-29-4-5-30(21-29)56-34-25-48-42(52-40(34)27(2)19-38(56)58)50-36-9-7-32(23-46-36)54-16-12-44-13-17-54/h6-9,18-19,22-25,28-30,43-44H,4-5,10-17,20-21H2,1-3H3,(H,45,47,49,51)(H,46,48,50,52). The van der Waals surface area contributed by atoms with Crippen molar-refractivity contribution < 1.29 is 0 Å². The van der Waals surface area contributed by atoms with Crippen LogP contribution < -0.4 is 42.2 Å². The van der Waals surface area contributed by atoms with Gasteiger partial charge in [0.1, 0.15) is 11.6 Å². The maximum atomic E-state index is 13.6. The topological polar surface area (TPSA) is 176 Å². The van der Waals surface area contributed by atoms with Gasteiger partial charge in [0.25, 0.3) is 11.1 Å². The van der Waals surface area contributed by atoms with Gasteiger partial charge in [0.2, 0.25) is 11.9 Å². The maximum absolute atomic E-state index is 13.6. The molecule has 16 heteroatoms. The molecule has 0 bridgehead atoms. The van der Waals surface area contributed by atoms with Crippen LogP contribution in [0, 0.1) is 19.8 Å². The third-order valence-corrected chi connectivity index (χ3v) is 11.9.